The second-order valence-corrected chi connectivity index (χ2v) is 3.29. The van der Waals surface area contributed by atoms with Gasteiger partial charge in [-0.25, -0.2) is 0 Å². The predicted octanol–water partition coefficient (Wildman–Crippen LogP) is 0.772. The minimum atomic E-state index is 0.282. The Morgan fingerprint density at radius 2 is 2.00 bits per heavy atom. The van der Waals surface area contributed by atoms with E-state index in [1.807, 2.05) is 0 Å². The molecule has 0 aliphatic heterocycles. The van der Waals surface area contributed by atoms with Crippen LogP contribution in [0.4, 0.5) is 0 Å². The summed E-state index contributed by atoms with van der Waals surface area (Å²) in [6, 6.07) is 0.853. The Morgan fingerprint density at radius 3 is 2.50 bits per heavy atom. The highest BCUT2D eigenvalue weighted by molar-refractivity contribution is 4.66. The molecule has 0 rings (SSSR count). The Bertz CT molecular complexity index is 98.5. The predicted molar refractivity (Wildman–Crippen MR) is 50.3 cm³/mol. The number of aliphatic hydroxyl groups excluding tert-OH is 1. The van der Waals surface area contributed by atoms with E-state index in [-0.39, 0.29) is 6.61 Å². The van der Waals surface area contributed by atoms with Crippen molar-refractivity contribution in [2.75, 3.05) is 20.3 Å². The van der Waals surface area contributed by atoms with Crippen LogP contribution in [-0.4, -0.2) is 37.5 Å². The summed E-state index contributed by atoms with van der Waals surface area (Å²) in [5.41, 5.74) is 0. The van der Waals surface area contributed by atoms with E-state index in [9.17, 15) is 0 Å². The van der Waals surface area contributed by atoms with Gasteiger partial charge in [0.1, 0.15) is 0 Å². The van der Waals surface area contributed by atoms with Gasteiger partial charge < -0.3 is 15.2 Å². The fraction of sp³-hybridized carbons (Fsp3) is 1.00. The third-order valence-electron chi connectivity index (χ3n) is 1.78. The van der Waals surface area contributed by atoms with Crippen LogP contribution in [-0.2, 0) is 4.74 Å². The van der Waals surface area contributed by atoms with Gasteiger partial charge in [0.05, 0.1) is 6.61 Å². The van der Waals surface area contributed by atoms with Crippen molar-refractivity contribution in [3.8, 4) is 0 Å². The molecule has 0 spiro atoms. The SMILES string of the molecule is COC[C@H](C)N[C@@H](C)CCCO. The molecule has 0 fully saturated rings. The summed E-state index contributed by atoms with van der Waals surface area (Å²) in [4.78, 5) is 0. The number of methoxy groups -OCH3 is 1. The number of rotatable bonds is 7. The lowest BCUT2D eigenvalue weighted by Gasteiger charge is -2.18. The highest BCUT2D eigenvalue weighted by Gasteiger charge is 2.05. The van der Waals surface area contributed by atoms with Gasteiger partial charge >= 0.3 is 0 Å². The van der Waals surface area contributed by atoms with Crippen LogP contribution in [0.3, 0.4) is 0 Å². The van der Waals surface area contributed by atoms with Gasteiger partial charge in [-0.1, -0.05) is 0 Å². The molecular formula is C9H21NO2. The van der Waals surface area contributed by atoms with E-state index >= 15 is 0 Å². The molecule has 3 heteroatoms. The first-order chi connectivity index (χ1) is 5.70. The normalized spacial score (nSPS) is 16.0. The molecule has 0 saturated heterocycles. The van der Waals surface area contributed by atoms with Gasteiger partial charge in [-0.2, -0.15) is 0 Å². The van der Waals surface area contributed by atoms with Crippen molar-refractivity contribution < 1.29 is 9.84 Å². The Kier molecular flexibility index (Phi) is 7.45. The molecule has 0 bridgehead atoms. The van der Waals surface area contributed by atoms with Crippen molar-refractivity contribution in [2.45, 2.75) is 38.8 Å². The Balaban J connectivity index is 3.33. The third-order valence-corrected chi connectivity index (χ3v) is 1.78. The summed E-state index contributed by atoms with van der Waals surface area (Å²) in [7, 11) is 1.70. The van der Waals surface area contributed by atoms with Crippen LogP contribution < -0.4 is 5.32 Å². The zero-order chi connectivity index (χ0) is 9.40. The Morgan fingerprint density at radius 1 is 1.33 bits per heavy atom. The lowest BCUT2D eigenvalue weighted by molar-refractivity contribution is 0.165. The quantitative estimate of drug-likeness (QED) is 0.600. The third kappa shape index (κ3) is 6.58. The van der Waals surface area contributed by atoms with Crippen molar-refractivity contribution in [3.05, 3.63) is 0 Å². The molecule has 2 atom stereocenters. The average molecular weight is 175 g/mol. The zero-order valence-corrected chi connectivity index (χ0v) is 8.34. The van der Waals surface area contributed by atoms with E-state index in [0.717, 1.165) is 19.4 Å². The molecule has 0 radical (unpaired) electrons. The minimum absolute atomic E-state index is 0.282. The molecule has 0 saturated carbocycles. The van der Waals surface area contributed by atoms with Gasteiger partial charge in [0, 0.05) is 25.8 Å². The molecule has 74 valence electrons. The van der Waals surface area contributed by atoms with Crippen LogP contribution in [0.25, 0.3) is 0 Å². The summed E-state index contributed by atoms with van der Waals surface area (Å²) in [6.07, 6.45) is 1.89. The second kappa shape index (κ2) is 7.53. The molecule has 0 aliphatic rings. The highest BCUT2D eigenvalue weighted by atomic mass is 16.5. The molecule has 0 unspecified atom stereocenters. The van der Waals surface area contributed by atoms with Crippen molar-refractivity contribution in [3.63, 3.8) is 0 Å². The molecule has 0 aromatic heterocycles. The van der Waals surface area contributed by atoms with Crippen molar-refractivity contribution in [2.24, 2.45) is 0 Å². The van der Waals surface area contributed by atoms with Crippen molar-refractivity contribution >= 4 is 0 Å². The smallest absolute Gasteiger partial charge is 0.0613 e. The maximum absolute atomic E-state index is 8.60. The van der Waals surface area contributed by atoms with E-state index in [1.54, 1.807) is 7.11 Å². The molecular weight excluding hydrogens is 154 g/mol. The number of ether oxygens (including phenoxy) is 1. The first kappa shape index (κ1) is 11.9. The van der Waals surface area contributed by atoms with E-state index < -0.39 is 0 Å². The maximum atomic E-state index is 8.60. The first-order valence-electron chi connectivity index (χ1n) is 4.56. The first-order valence-corrected chi connectivity index (χ1v) is 4.56. The van der Waals surface area contributed by atoms with E-state index in [0.29, 0.717) is 12.1 Å². The number of hydrogen-bond acceptors (Lipinski definition) is 3. The number of aliphatic hydroxyl groups is 1. The fourth-order valence-corrected chi connectivity index (χ4v) is 1.26. The van der Waals surface area contributed by atoms with Gasteiger partial charge in [0.15, 0.2) is 0 Å². The van der Waals surface area contributed by atoms with Gasteiger partial charge in [0.25, 0.3) is 0 Å². The molecule has 0 aromatic rings. The number of hydrogen-bond donors (Lipinski definition) is 2. The van der Waals surface area contributed by atoms with E-state index in [2.05, 4.69) is 19.2 Å². The standard InChI is InChI=1S/C9H21NO2/c1-8(5-4-6-11)10-9(2)7-12-3/h8-11H,4-7H2,1-3H3/t8-,9-/m0/s1. The molecule has 0 aromatic carbocycles. The van der Waals surface area contributed by atoms with Gasteiger partial charge in [-0.05, 0) is 26.7 Å². The fourth-order valence-electron chi connectivity index (χ4n) is 1.26. The Hall–Kier alpha value is -0.120. The van der Waals surface area contributed by atoms with Crippen molar-refractivity contribution in [1.82, 2.24) is 5.32 Å². The maximum Gasteiger partial charge on any atom is 0.0613 e. The van der Waals surface area contributed by atoms with Crippen LogP contribution in [0, 0.1) is 0 Å². The highest BCUT2D eigenvalue weighted by Crippen LogP contribution is 1.97. The Labute approximate surface area is 75.1 Å². The molecule has 0 aliphatic carbocycles. The zero-order valence-electron chi connectivity index (χ0n) is 8.34. The van der Waals surface area contributed by atoms with E-state index in [1.165, 1.54) is 0 Å². The van der Waals surface area contributed by atoms with Crippen LogP contribution in [0.2, 0.25) is 0 Å². The summed E-state index contributed by atoms with van der Waals surface area (Å²) in [6.45, 7) is 5.24. The molecule has 0 amide bonds. The second-order valence-electron chi connectivity index (χ2n) is 3.29. The van der Waals surface area contributed by atoms with Crippen LogP contribution >= 0.6 is 0 Å². The monoisotopic (exact) mass is 175 g/mol. The molecule has 3 nitrogen and oxygen atoms in total. The van der Waals surface area contributed by atoms with E-state index in [4.69, 9.17) is 9.84 Å². The molecule has 12 heavy (non-hydrogen) atoms. The van der Waals surface area contributed by atoms with Gasteiger partial charge in [0.2, 0.25) is 0 Å². The topological polar surface area (TPSA) is 41.5 Å². The average Bonchev–Trinajstić information content (AvgIpc) is 2.01. The lowest BCUT2D eigenvalue weighted by atomic mass is 10.1. The summed E-state index contributed by atoms with van der Waals surface area (Å²) in [5.74, 6) is 0. The van der Waals surface area contributed by atoms with Gasteiger partial charge in [-0.3, -0.25) is 0 Å². The van der Waals surface area contributed by atoms with Gasteiger partial charge in [-0.15, -0.1) is 0 Å². The largest absolute Gasteiger partial charge is 0.396 e. The van der Waals surface area contributed by atoms with Crippen LogP contribution in [0.5, 0.6) is 0 Å². The minimum Gasteiger partial charge on any atom is -0.396 e. The lowest BCUT2D eigenvalue weighted by Crippen LogP contribution is -2.37. The summed E-state index contributed by atoms with van der Waals surface area (Å²) >= 11 is 0. The van der Waals surface area contributed by atoms with Crippen LogP contribution in [0.1, 0.15) is 26.7 Å². The van der Waals surface area contributed by atoms with Crippen LogP contribution in [0.15, 0.2) is 0 Å². The molecule has 2 N–H and O–H groups in total. The molecule has 0 heterocycles. The van der Waals surface area contributed by atoms with Crippen molar-refractivity contribution in [1.29, 1.82) is 0 Å². The number of nitrogens with one attached hydrogen (secondary N) is 1. The summed E-state index contributed by atoms with van der Waals surface area (Å²) in [5, 5.41) is 12.0. The summed E-state index contributed by atoms with van der Waals surface area (Å²) < 4.78 is 5.00.